The first kappa shape index (κ1) is 18.1. The van der Waals surface area contributed by atoms with Gasteiger partial charge in [0.1, 0.15) is 0 Å². The normalized spacial score (nSPS) is 15.2. The Morgan fingerprint density at radius 1 is 1.33 bits per heavy atom. The standard InChI is InChI=1S/C17H27N5O2/c1-18-17(20-8-3-11-24-2)21-12-14-4-6-15(7-5-14)22-10-9-19-16(23)13-22/h4-7H,3,8-13H2,1-2H3,(H,19,23)(H2,18,20,21). The largest absolute Gasteiger partial charge is 0.385 e. The highest BCUT2D eigenvalue weighted by molar-refractivity contribution is 5.82. The summed E-state index contributed by atoms with van der Waals surface area (Å²) >= 11 is 0. The SMILES string of the molecule is CN=C(NCCCOC)NCc1ccc(N2CCNC(=O)C2)cc1. The molecule has 7 heteroatoms. The highest BCUT2D eigenvalue weighted by Gasteiger charge is 2.16. The third-order valence-electron chi connectivity index (χ3n) is 3.84. The molecule has 2 rings (SSSR count). The van der Waals surface area contributed by atoms with Crippen LogP contribution in [0, 0.1) is 0 Å². The van der Waals surface area contributed by atoms with Gasteiger partial charge >= 0.3 is 0 Å². The van der Waals surface area contributed by atoms with E-state index < -0.39 is 0 Å². The van der Waals surface area contributed by atoms with Crippen molar-refractivity contribution < 1.29 is 9.53 Å². The molecule has 0 aliphatic carbocycles. The number of hydrogen-bond acceptors (Lipinski definition) is 4. The fourth-order valence-corrected chi connectivity index (χ4v) is 2.51. The minimum Gasteiger partial charge on any atom is -0.385 e. The van der Waals surface area contributed by atoms with Crippen LogP contribution in [0.1, 0.15) is 12.0 Å². The van der Waals surface area contributed by atoms with E-state index in [1.54, 1.807) is 14.2 Å². The molecule has 132 valence electrons. The van der Waals surface area contributed by atoms with Gasteiger partial charge in [-0.3, -0.25) is 9.79 Å². The van der Waals surface area contributed by atoms with Crippen LogP contribution >= 0.6 is 0 Å². The van der Waals surface area contributed by atoms with Crippen LogP contribution in [0.3, 0.4) is 0 Å². The zero-order chi connectivity index (χ0) is 17.2. The van der Waals surface area contributed by atoms with E-state index in [1.807, 2.05) is 0 Å². The molecule has 3 N–H and O–H groups in total. The van der Waals surface area contributed by atoms with E-state index in [0.29, 0.717) is 19.6 Å². The summed E-state index contributed by atoms with van der Waals surface area (Å²) in [5.74, 6) is 0.859. The zero-order valence-electron chi connectivity index (χ0n) is 14.5. The van der Waals surface area contributed by atoms with Gasteiger partial charge in [-0.25, -0.2) is 0 Å². The maximum Gasteiger partial charge on any atom is 0.239 e. The predicted octanol–water partition coefficient (Wildman–Crippen LogP) is 0.324. The molecule has 0 aromatic heterocycles. The number of rotatable bonds is 7. The third kappa shape index (κ3) is 5.73. The maximum atomic E-state index is 11.5. The molecule has 1 aromatic rings. The van der Waals surface area contributed by atoms with E-state index in [2.05, 4.69) is 50.1 Å². The predicted molar refractivity (Wildman–Crippen MR) is 96.4 cm³/mol. The minimum absolute atomic E-state index is 0.0790. The number of guanidine groups is 1. The second kappa shape index (κ2) is 9.77. The maximum absolute atomic E-state index is 11.5. The van der Waals surface area contributed by atoms with Gasteiger partial charge in [-0.1, -0.05) is 12.1 Å². The number of anilines is 1. The van der Waals surface area contributed by atoms with E-state index in [4.69, 9.17) is 4.74 Å². The van der Waals surface area contributed by atoms with Crippen LogP contribution in [0.4, 0.5) is 5.69 Å². The monoisotopic (exact) mass is 333 g/mol. The molecule has 0 unspecified atom stereocenters. The molecule has 0 saturated carbocycles. The molecule has 1 heterocycles. The van der Waals surface area contributed by atoms with Crippen LogP contribution in [0.25, 0.3) is 0 Å². The van der Waals surface area contributed by atoms with Crippen LogP contribution in [-0.4, -0.2) is 58.8 Å². The second-order valence-corrected chi connectivity index (χ2v) is 5.64. The van der Waals surface area contributed by atoms with Crippen LogP contribution in [0.15, 0.2) is 29.3 Å². The Morgan fingerprint density at radius 2 is 2.12 bits per heavy atom. The van der Waals surface area contributed by atoms with Gasteiger partial charge in [0.25, 0.3) is 0 Å². The number of piperazine rings is 1. The van der Waals surface area contributed by atoms with E-state index in [9.17, 15) is 4.79 Å². The van der Waals surface area contributed by atoms with Gasteiger partial charge in [0.15, 0.2) is 5.96 Å². The highest BCUT2D eigenvalue weighted by atomic mass is 16.5. The molecule has 24 heavy (non-hydrogen) atoms. The van der Waals surface area contributed by atoms with Crippen molar-refractivity contribution in [1.29, 1.82) is 0 Å². The summed E-state index contributed by atoms with van der Waals surface area (Å²) in [7, 11) is 3.46. The number of ether oxygens (including phenoxy) is 1. The number of carbonyl (C=O) groups is 1. The number of methoxy groups -OCH3 is 1. The van der Waals surface area contributed by atoms with E-state index >= 15 is 0 Å². The van der Waals surface area contributed by atoms with Gasteiger partial charge in [-0.05, 0) is 24.1 Å². The van der Waals surface area contributed by atoms with Crippen molar-refractivity contribution >= 4 is 17.6 Å². The Hall–Kier alpha value is -2.28. The molecular weight excluding hydrogens is 306 g/mol. The van der Waals surface area contributed by atoms with Crippen molar-refractivity contribution in [1.82, 2.24) is 16.0 Å². The van der Waals surface area contributed by atoms with Crippen molar-refractivity contribution in [2.45, 2.75) is 13.0 Å². The first-order valence-electron chi connectivity index (χ1n) is 8.27. The van der Waals surface area contributed by atoms with Crippen LogP contribution < -0.4 is 20.9 Å². The van der Waals surface area contributed by atoms with Gasteiger partial charge in [0.2, 0.25) is 5.91 Å². The van der Waals surface area contributed by atoms with Crippen LogP contribution in [0.2, 0.25) is 0 Å². The van der Waals surface area contributed by atoms with Crippen molar-refractivity contribution in [3.8, 4) is 0 Å². The van der Waals surface area contributed by atoms with Crippen molar-refractivity contribution in [3.05, 3.63) is 29.8 Å². The van der Waals surface area contributed by atoms with Gasteiger partial charge in [0, 0.05) is 52.6 Å². The summed E-state index contributed by atoms with van der Waals surface area (Å²) in [5.41, 5.74) is 2.25. The molecular formula is C17H27N5O2. The fraction of sp³-hybridized carbons (Fsp3) is 0.529. The minimum atomic E-state index is 0.0790. The number of hydrogen-bond donors (Lipinski definition) is 3. The van der Waals surface area contributed by atoms with Crippen LogP contribution in [0.5, 0.6) is 0 Å². The molecule has 0 radical (unpaired) electrons. The smallest absolute Gasteiger partial charge is 0.239 e. The lowest BCUT2D eigenvalue weighted by molar-refractivity contribution is -0.120. The first-order valence-corrected chi connectivity index (χ1v) is 8.27. The van der Waals surface area contributed by atoms with E-state index in [-0.39, 0.29) is 5.91 Å². The molecule has 1 aliphatic rings. The number of amides is 1. The number of nitrogens with zero attached hydrogens (tertiary/aromatic N) is 2. The summed E-state index contributed by atoms with van der Waals surface area (Å²) in [6, 6.07) is 8.27. The molecule has 0 atom stereocenters. The Bertz CT molecular complexity index is 544. The molecule has 0 bridgehead atoms. The summed E-state index contributed by atoms with van der Waals surface area (Å²) in [6.45, 7) is 4.23. The zero-order valence-corrected chi connectivity index (χ0v) is 14.5. The van der Waals surface area contributed by atoms with E-state index in [0.717, 1.165) is 37.8 Å². The van der Waals surface area contributed by atoms with Crippen LogP contribution in [-0.2, 0) is 16.1 Å². The lowest BCUT2D eigenvalue weighted by Crippen LogP contribution is -2.47. The summed E-state index contributed by atoms with van der Waals surface area (Å²) < 4.78 is 5.03. The molecule has 1 aromatic carbocycles. The number of benzene rings is 1. The first-order chi connectivity index (χ1) is 11.7. The van der Waals surface area contributed by atoms with Gasteiger partial charge < -0.3 is 25.6 Å². The Labute approximate surface area is 143 Å². The number of nitrogens with one attached hydrogen (secondary N) is 3. The quantitative estimate of drug-likeness (QED) is 0.381. The van der Waals surface area contributed by atoms with Crippen molar-refractivity contribution in [2.75, 3.05) is 51.8 Å². The Morgan fingerprint density at radius 3 is 2.79 bits per heavy atom. The fourth-order valence-electron chi connectivity index (χ4n) is 2.51. The molecule has 0 spiro atoms. The average molecular weight is 333 g/mol. The van der Waals surface area contributed by atoms with Gasteiger partial charge in [0.05, 0.1) is 6.54 Å². The molecule has 1 fully saturated rings. The number of aliphatic imine (C=N–C) groups is 1. The van der Waals surface area contributed by atoms with Gasteiger partial charge in [-0.2, -0.15) is 0 Å². The lowest BCUT2D eigenvalue weighted by Gasteiger charge is -2.28. The third-order valence-corrected chi connectivity index (χ3v) is 3.84. The van der Waals surface area contributed by atoms with Crippen molar-refractivity contribution in [2.24, 2.45) is 4.99 Å². The lowest BCUT2D eigenvalue weighted by atomic mass is 10.2. The summed E-state index contributed by atoms with van der Waals surface area (Å²) in [4.78, 5) is 17.8. The van der Waals surface area contributed by atoms with Gasteiger partial charge in [-0.15, -0.1) is 0 Å². The molecule has 1 saturated heterocycles. The topological polar surface area (TPSA) is 78.0 Å². The average Bonchev–Trinajstić information content (AvgIpc) is 2.61. The van der Waals surface area contributed by atoms with Crippen molar-refractivity contribution in [3.63, 3.8) is 0 Å². The molecule has 1 amide bonds. The summed E-state index contributed by atoms with van der Waals surface area (Å²) in [6.07, 6.45) is 0.940. The number of carbonyl (C=O) groups excluding carboxylic acids is 1. The summed E-state index contributed by atoms with van der Waals surface area (Å²) in [5, 5.41) is 9.38. The molecule has 7 nitrogen and oxygen atoms in total. The second-order valence-electron chi connectivity index (χ2n) is 5.64. The molecule has 1 aliphatic heterocycles. The Kier molecular flexibility index (Phi) is 7.35. The van der Waals surface area contributed by atoms with E-state index in [1.165, 1.54) is 5.56 Å². The highest BCUT2D eigenvalue weighted by Crippen LogP contribution is 2.15. The Balaban J connectivity index is 1.79.